The summed E-state index contributed by atoms with van der Waals surface area (Å²) in [5.41, 5.74) is 1.57. The van der Waals surface area contributed by atoms with Gasteiger partial charge in [0.05, 0.1) is 28.7 Å². The van der Waals surface area contributed by atoms with Gasteiger partial charge in [-0.1, -0.05) is 0 Å². The number of hydrogen-bond acceptors (Lipinski definition) is 6. The summed E-state index contributed by atoms with van der Waals surface area (Å²) in [6, 6.07) is 3.54. The van der Waals surface area contributed by atoms with Crippen molar-refractivity contribution in [3.8, 4) is 0 Å². The van der Waals surface area contributed by atoms with Gasteiger partial charge in [0.1, 0.15) is 6.04 Å². The number of aromatic nitrogens is 2. The van der Waals surface area contributed by atoms with Gasteiger partial charge in [0.25, 0.3) is 0 Å². The summed E-state index contributed by atoms with van der Waals surface area (Å²) in [5.74, 6) is 0.673. The van der Waals surface area contributed by atoms with Crippen molar-refractivity contribution >= 4 is 29.4 Å². The van der Waals surface area contributed by atoms with E-state index in [1.165, 1.54) is 6.39 Å². The summed E-state index contributed by atoms with van der Waals surface area (Å²) >= 11 is 0. The van der Waals surface area contributed by atoms with Gasteiger partial charge in [-0.05, 0) is 74.6 Å². The van der Waals surface area contributed by atoms with Crippen LogP contribution in [0.25, 0.3) is 12.2 Å². The third kappa shape index (κ3) is 2.89. The maximum absolute atomic E-state index is 13.3. The van der Waals surface area contributed by atoms with Crippen molar-refractivity contribution in [3.05, 3.63) is 89.0 Å². The molecule has 7 nitrogen and oxygen atoms in total. The first kappa shape index (κ1) is 18.7. The minimum atomic E-state index is -0.887. The van der Waals surface area contributed by atoms with Gasteiger partial charge in [-0.3, -0.25) is 9.79 Å². The van der Waals surface area contributed by atoms with Crippen molar-refractivity contribution in [3.63, 3.8) is 0 Å². The Morgan fingerprint density at radius 1 is 1.06 bits per heavy atom. The summed E-state index contributed by atoms with van der Waals surface area (Å²) in [6.45, 7) is 3.86. The summed E-state index contributed by atoms with van der Waals surface area (Å²) in [4.78, 5) is 30.4. The molecule has 0 aliphatic carbocycles. The third-order valence-corrected chi connectivity index (χ3v) is 6.25. The lowest BCUT2D eigenvalue weighted by Gasteiger charge is -2.23. The smallest absolute Gasteiger partial charge is 0.181 e. The second-order valence-corrected chi connectivity index (χ2v) is 8.85. The van der Waals surface area contributed by atoms with E-state index < -0.39 is 17.0 Å². The van der Waals surface area contributed by atoms with Gasteiger partial charge in [-0.15, -0.1) is 0 Å². The molecule has 4 aliphatic heterocycles. The van der Waals surface area contributed by atoms with E-state index >= 15 is 0 Å². The number of ketones is 1. The molecule has 32 heavy (non-hydrogen) atoms. The maximum atomic E-state index is 13.3. The number of allylic oxidation sites excluding steroid dienone is 4. The second kappa shape index (κ2) is 6.50. The van der Waals surface area contributed by atoms with Gasteiger partial charge in [0.15, 0.2) is 23.5 Å². The fourth-order valence-electron chi connectivity index (χ4n) is 4.43. The van der Waals surface area contributed by atoms with Crippen LogP contribution in [0.15, 0.2) is 87.0 Å². The largest absolute Gasteiger partial charge is 0.445 e. The molecule has 1 fully saturated rings. The monoisotopic (exact) mass is 423 g/mol. The van der Waals surface area contributed by atoms with Crippen molar-refractivity contribution < 1.29 is 9.21 Å². The quantitative estimate of drug-likeness (QED) is 0.732. The Kier molecular flexibility index (Phi) is 3.81. The molecule has 2 unspecified atom stereocenters. The lowest BCUT2D eigenvalue weighted by Crippen LogP contribution is -2.27. The van der Waals surface area contributed by atoms with E-state index in [0.29, 0.717) is 5.76 Å². The van der Waals surface area contributed by atoms with E-state index in [0.717, 1.165) is 33.5 Å². The Labute approximate surface area is 184 Å². The Balaban J connectivity index is 1.60. The number of carbonyl (C=O) groups is 1. The zero-order valence-corrected chi connectivity index (χ0v) is 17.7. The molecule has 2 N–H and O–H groups in total. The number of hydrogen-bond donors (Lipinski definition) is 2. The molecule has 7 heteroatoms. The summed E-state index contributed by atoms with van der Waals surface area (Å²) in [6.07, 6.45) is 18.7. The van der Waals surface area contributed by atoms with Crippen LogP contribution < -0.4 is 16.0 Å². The van der Waals surface area contributed by atoms with Crippen molar-refractivity contribution in [1.29, 1.82) is 0 Å². The second-order valence-electron chi connectivity index (χ2n) is 8.85. The van der Waals surface area contributed by atoms with E-state index in [1.54, 1.807) is 6.20 Å². The Morgan fingerprint density at radius 2 is 1.88 bits per heavy atom. The molecule has 0 aromatic carbocycles. The average Bonchev–Trinajstić information content (AvgIpc) is 3.56. The van der Waals surface area contributed by atoms with Crippen molar-refractivity contribution in [2.45, 2.75) is 25.4 Å². The van der Waals surface area contributed by atoms with E-state index in [-0.39, 0.29) is 5.78 Å². The first-order chi connectivity index (χ1) is 15.4. The van der Waals surface area contributed by atoms with Gasteiger partial charge in [0, 0.05) is 16.4 Å². The van der Waals surface area contributed by atoms with Crippen LogP contribution in [0.5, 0.6) is 0 Å². The van der Waals surface area contributed by atoms with Crippen LogP contribution in [0.4, 0.5) is 0 Å². The van der Waals surface area contributed by atoms with Crippen LogP contribution in [0.3, 0.4) is 0 Å². The third-order valence-electron chi connectivity index (χ3n) is 6.25. The van der Waals surface area contributed by atoms with Crippen LogP contribution in [0, 0.1) is 5.41 Å². The summed E-state index contributed by atoms with van der Waals surface area (Å²) < 4.78 is 5.68. The molecule has 2 aromatic rings. The number of carbonyl (C=O) groups excluding carboxylic acids is 1. The SMILES string of the molecule is CC1(C)C(=O)C2C=C3C=CC(=N3)C=c3ccc([nH]3)=CC3=NC(c4cnco4)(C=C3)C=C1N2. The highest BCUT2D eigenvalue weighted by Crippen LogP contribution is 2.41. The van der Waals surface area contributed by atoms with E-state index in [9.17, 15) is 4.79 Å². The van der Waals surface area contributed by atoms with E-state index in [4.69, 9.17) is 9.41 Å². The van der Waals surface area contributed by atoms with Crippen molar-refractivity contribution in [1.82, 2.24) is 15.3 Å². The molecule has 2 atom stereocenters. The molecule has 0 spiro atoms. The number of oxazole rings is 1. The molecule has 4 aliphatic rings. The number of Topliss-reactive ketones (excluding diaryl/α,β-unsaturated/α-hetero) is 1. The molecule has 158 valence electrons. The summed E-state index contributed by atoms with van der Waals surface area (Å²) in [7, 11) is 0. The lowest BCUT2D eigenvalue weighted by molar-refractivity contribution is -0.123. The Morgan fingerprint density at radius 3 is 2.66 bits per heavy atom. The van der Waals surface area contributed by atoms with Gasteiger partial charge >= 0.3 is 0 Å². The maximum Gasteiger partial charge on any atom is 0.181 e. The zero-order chi connectivity index (χ0) is 21.9. The molecule has 6 rings (SSSR count). The molecule has 0 saturated carbocycles. The lowest BCUT2D eigenvalue weighted by atomic mass is 9.83. The number of aromatic amines is 1. The van der Waals surface area contributed by atoms with Gasteiger partial charge in [-0.2, -0.15) is 0 Å². The number of fused-ring (bicyclic) bond motifs is 6. The first-order valence-corrected chi connectivity index (χ1v) is 10.5. The number of aliphatic imine (C=N–C) groups is 2. The minimum Gasteiger partial charge on any atom is -0.445 e. The molecule has 0 amide bonds. The fraction of sp³-hybridized carbons (Fsp3) is 0.200. The van der Waals surface area contributed by atoms with Crippen LogP contribution >= 0.6 is 0 Å². The van der Waals surface area contributed by atoms with Gasteiger partial charge in [0.2, 0.25) is 0 Å². The van der Waals surface area contributed by atoms with E-state index in [1.807, 2.05) is 74.6 Å². The van der Waals surface area contributed by atoms with Gasteiger partial charge in [-0.25, -0.2) is 9.98 Å². The highest BCUT2D eigenvalue weighted by atomic mass is 16.3. The minimum absolute atomic E-state index is 0.0839. The van der Waals surface area contributed by atoms with Crippen LogP contribution in [-0.4, -0.2) is 33.2 Å². The van der Waals surface area contributed by atoms with Crippen molar-refractivity contribution in [2.75, 3.05) is 0 Å². The Bertz CT molecular complexity index is 1440. The highest BCUT2D eigenvalue weighted by Gasteiger charge is 2.46. The van der Waals surface area contributed by atoms with Gasteiger partial charge < -0.3 is 14.7 Å². The molecule has 8 bridgehead atoms. The standard InChI is InChI=1S/C25H21N5O2/c1-24(2)21-12-25(22-13-26-14-32-22)8-7-19(30-25)10-17-4-3-15(27-17)9-16-5-6-18(28-16)11-20(29-21)23(24)31/h3-14,20,27,29H,1-2H3. The Hall–Kier alpha value is -4.00. The number of nitrogens with one attached hydrogen (secondary N) is 2. The molecule has 2 aromatic heterocycles. The van der Waals surface area contributed by atoms with Crippen molar-refractivity contribution in [2.24, 2.45) is 15.4 Å². The average molecular weight is 423 g/mol. The topological polar surface area (TPSA) is 95.6 Å². The fourth-order valence-corrected chi connectivity index (χ4v) is 4.43. The molecular formula is C25H21N5O2. The first-order valence-electron chi connectivity index (χ1n) is 10.5. The zero-order valence-electron chi connectivity index (χ0n) is 17.7. The van der Waals surface area contributed by atoms with Crippen LogP contribution in [0.2, 0.25) is 0 Å². The number of H-pyrrole nitrogens is 1. The highest BCUT2D eigenvalue weighted by molar-refractivity contribution is 6.20. The van der Waals surface area contributed by atoms with Crippen LogP contribution in [0.1, 0.15) is 19.6 Å². The molecule has 1 saturated heterocycles. The number of nitrogens with zero attached hydrogens (tertiary/aromatic N) is 3. The molecule has 0 radical (unpaired) electrons. The summed E-state index contributed by atoms with van der Waals surface area (Å²) in [5, 5.41) is 5.28. The predicted molar refractivity (Wildman–Crippen MR) is 122 cm³/mol. The molecular weight excluding hydrogens is 402 g/mol. The normalized spacial score (nSPS) is 27.2. The predicted octanol–water partition coefficient (Wildman–Crippen LogP) is 1.83. The van der Waals surface area contributed by atoms with E-state index in [2.05, 4.69) is 20.3 Å². The molecule has 6 heterocycles. The van der Waals surface area contributed by atoms with Crippen LogP contribution in [-0.2, 0) is 10.3 Å². The number of rotatable bonds is 1.